The minimum absolute atomic E-state index is 0.469. The quantitative estimate of drug-likeness (QED) is 0.722. The van der Waals surface area contributed by atoms with Crippen molar-refractivity contribution in [3.8, 4) is 0 Å². The molecule has 2 aromatic rings. The molecule has 0 spiro atoms. The topological polar surface area (TPSA) is 21.3 Å². The molecule has 2 rings (SSSR count). The molecule has 20 heavy (non-hydrogen) atoms. The van der Waals surface area contributed by atoms with Crippen LogP contribution in [-0.4, -0.2) is 26.8 Å². The van der Waals surface area contributed by atoms with Crippen molar-refractivity contribution in [3.63, 3.8) is 0 Å². The summed E-state index contributed by atoms with van der Waals surface area (Å²) in [5.74, 6) is 0.469. The van der Waals surface area contributed by atoms with Crippen molar-refractivity contribution in [3.05, 3.63) is 56.7 Å². The number of hydrogen-bond donors (Lipinski definition) is 1. The zero-order valence-corrected chi connectivity index (χ0v) is 14.0. The zero-order valence-electron chi connectivity index (χ0n) is 11.6. The van der Waals surface area contributed by atoms with Crippen molar-refractivity contribution in [1.82, 2.24) is 5.32 Å². The first-order valence-corrected chi connectivity index (χ1v) is 8.50. The second kappa shape index (κ2) is 8.57. The third-order valence-corrected chi connectivity index (χ3v) is 4.74. The molecule has 4 heteroatoms. The molecule has 1 atom stereocenters. The van der Waals surface area contributed by atoms with Crippen LogP contribution in [0.25, 0.3) is 0 Å². The molecule has 2 nitrogen and oxygen atoms in total. The van der Waals surface area contributed by atoms with Gasteiger partial charge in [0, 0.05) is 30.6 Å². The van der Waals surface area contributed by atoms with E-state index in [-0.39, 0.29) is 0 Å². The predicted octanol–water partition coefficient (Wildman–Crippen LogP) is 4.07. The van der Waals surface area contributed by atoms with Gasteiger partial charge in [0.1, 0.15) is 0 Å². The number of halogens is 1. The number of methoxy groups -OCH3 is 1. The first-order chi connectivity index (χ1) is 9.81. The van der Waals surface area contributed by atoms with E-state index in [1.807, 2.05) is 0 Å². The Labute approximate surface area is 133 Å². The Morgan fingerprint density at radius 2 is 2.15 bits per heavy atom. The Kier molecular flexibility index (Phi) is 6.73. The van der Waals surface area contributed by atoms with Gasteiger partial charge in [-0.25, -0.2) is 0 Å². The molecule has 1 heterocycles. The van der Waals surface area contributed by atoms with Crippen LogP contribution in [0.5, 0.6) is 0 Å². The second-order valence-corrected chi connectivity index (χ2v) is 6.39. The average Bonchev–Trinajstić information content (AvgIpc) is 2.96. The van der Waals surface area contributed by atoms with Crippen molar-refractivity contribution in [2.75, 3.05) is 26.8 Å². The van der Waals surface area contributed by atoms with Crippen LogP contribution in [0, 0.1) is 0 Å². The SMILES string of the molecule is COCCNCC(Cc1ccsc1)c1ccccc1Br. The lowest BCUT2D eigenvalue weighted by molar-refractivity contribution is 0.199. The molecule has 0 amide bonds. The maximum atomic E-state index is 5.09. The molecule has 1 N–H and O–H groups in total. The maximum Gasteiger partial charge on any atom is 0.0587 e. The van der Waals surface area contributed by atoms with Gasteiger partial charge in [0.2, 0.25) is 0 Å². The van der Waals surface area contributed by atoms with E-state index in [4.69, 9.17) is 4.74 Å². The Hall–Kier alpha value is -0.680. The van der Waals surface area contributed by atoms with Gasteiger partial charge in [-0.2, -0.15) is 11.3 Å². The number of ether oxygens (including phenoxy) is 1. The Balaban J connectivity index is 2.05. The number of benzene rings is 1. The minimum Gasteiger partial charge on any atom is -0.383 e. The number of nitrogens with one attached hydrogen (secondary N) is 1. The highest BCUT2D eigenvalue weighted by Gasteiger charge is 2.15. The van der Waals surface area contributed by atoms with Crippen molar-refractivity contribution in [2.45, 2.75) is 12.3 Å². The van der Waals surface area contributed by atoms with E-state index in [2.05, 4.69) is 62.3 Å². The van der Waals surface area contributed by atoms with Crippen LogP contribution in [0.4, 0.5) is 0 Å². The van der Waals surface area contributed by atoms with Crippen LogP contribution < -0.4 is 5.32 Å². The smallest absolute Gasteiger partial charge is 0.0587 e. The molecule has 1 aromatic carbocycles. The summed E-state index contributed by atoms with van der Waals surface area (Å²) in [6.45, 7) is 2.60. The van der Waals surface area contributed by atoms with E-state index >= 15 is 0 Å². The van der Waals surface area contributed by atoms with Gasteiger partial charge in [0.05, 0.1) is 6.61 Å². The van der Waals surface area contributed by atoms with E-state index in [0.29, 0.717) is 5.92 Å². The van der Waals surface area contributed by atoms with E-state index in [0.717, 1.165) is 26.1 Å². The molecule has 0 radical (unpaired) electrons. The number of hydrogen-bond acceptors (Lipinski definition) is 3. The lowest BCUT2D eigenvalue weighted by Gasteiger charge is -2.19. The molecule has 0 aliphatic carbocycles. The van der Waals surface area contributed by atoms with Crippen molar-refractivity contribution < 1.29 is 4.74 Å². The normalized spacial score (nSPS) is 12.5. The first-order valence-electron chi connectivity index (χ1n) is 6.76. The highest BCUT2D eigenvalue weighted by atomic mass is 79.9. The van der Waals surface area contributed by atoms with Crippen LogP contribution in [-0.2, 0) is 11.2 Å². The lowest BCUT2D eigenvalue weighted by atomic mass is 9.93. The van der Waals surface area contributed by atoms with Gasteiger partial charge in [-0.1, -0.05) is 34.1 Å². The molecule has 0 bridgehead atoms. The molecule has 0 fully saturated rings. The standard InChI is InChI=1S/C16H20BrNOS/c1-19-8-7-18-11-14(10-13-6-9-20-12-13)15-4-2-3-5-16(15)17/h2-6,9,12,14,18H,7-8,10-11H2,1H3. The highest BCUT2D eigenvalue weighted by molar-refractivity contribution is 9.10. The van der Waals surface area contributed by atoms with Gasteiger partial charge in [0.15, 0.2) is 0 Å². The van der Waals surface area contributed by atoms with Gasteiger partial charge in [-0.3, -0.25) is 0 Å². The minimum atomic E-state index is 0.469. The van der Waals surface area contributed by atoms with Gasteiger partial charge < -0.3 is 10.1 Å². The predicted molar refractivity (Wildman–Crippen MR) is 89.7 cm³/mol. The number of thiophene rings is 1. The summed E-state index contributed by atoms with van der Waals surface area (Å²) in [6.07, 6.45) is 1.06. The van der Waals surface area contributed by atoms with Gasteiger partial charge in [-0.15, -0.1) is 0 Å². The third-order valence-electron chi connectivity index (χ3n) is 3.28. The van der Waals surface area contributed by atoms with E-state index in [1.165, 1.54) is 15.6 Å². The Morgan fingerprint density at radius 3 is 2.85 bits per heavy atom. The van der Waals surface area contributed by atoms with Crippen LogP contribution in [0.2, 0.25) is 0 Å². The largest absolute Gasteiger partial charge is 0.383 e. The fourth-order valence-corrected chi connectivity index (χ4v) is 3.53. The zero-order chi connectivity index (χ0) is 14.2. The average molecular weight is 354 g/mol. The van der Waals surface area contributed by atoms with Crippen LogP contribution in [0.15, 0.2) is 45.6 Å². The van der Waals surface area contributed by atoms with Crippen LogP contribution >= 0.6 is 27.3 Å². The Bertz CT molecular complexity index is 501. The van der Waals surface area contributed by atoms with Gasteiger partial charge >= 0.3 is 0 Å². The summed E-state index contributed by atoms with van der Waals surface area (Å²) in [7, 11) is 1.73. The molecule has 1 unspecified atom stereocenters. The molecule has 108 valence electrons. The molecular formula is C16H20BrNOS. The van der Waals surface area contributed by atoms with Crippen molar-refractivity contribution >= 4 is 27.3 Å². The maximum absolute atomic E-state index is 5.09. The van der Waals surface area contributed by atoms with E-state index in [1.54, 1.807) is 18.4 Å². The summed E-state index contributed by atoms with van der Waals surface area (Å²) < 4.78 is 6.28. The van der Waals surface area contributed by atoms with Crippen LogP contribution in [0.3, 0.4) is 0 Å². The summed E-state index contributed by atoms with van der Waals surface area (Å²) in [6, 6.07) is 10.7. The molecule has 0 saturated heterocycles. The fourth-order valence-electron chi connectivity index (χ4n) is 2.24. The second-order valence-electron chi connectivity index (χ2n) is 4.75. The van der Waals surface area contributed by atoms with E-state index < -0.39 is 0 Å². The first kappa shape index (κ1) is 15.7. The summed E-state index contributed by atoms with van der Waals surface area (Å²) >= 11 is 5.43. The van der Waals surface area contributed by atoms with Gasteiger partial charge in [0.25, 0.3) is 0 Å². The number of rotatable bonds is 8. The van der Waals surface area contributed by atoms with E-state index in [9.17, 15) is 0 Å². The summed E-state index contributed by atoms with van der Waals surface area (Å²) in [4.78, 5) is 0. The van der Waals surface area contributed by atoms with Crippen LogP contribution in [0.1, 0.15) is 17.0 Å². The molecule has 0 aliphatic rings. The van der Waals surface area contributed by atoms with Gasteiger partial charge in [-0.05, 0) is 40.4 Å². The molecule has 1 aromatic heterocycles. The summed E-state index contributed by atoms with van der Waals surface area (Å²) in [5, 5.41) is 7.86. The lowest BCUT2D eigenvalue weighted by Crippen LogP contribution is -2.26. The fraction of sp³-hybridized carbons (Fsp3) is 0.375. The summed E-state index contributed by atoms with van der Waals surface area (Å²) in [5.41, 5.74) is 2.77. The Morgan fingerprint density at radius 1 is 1.30 bits per heavy atom. The monoisotopic (exact) mass is 353 g/mol. The highest BCUT2D eigenvalue weighted by Crippen LogP contribution is 2.28. The van der Waals surface area contributed by atoms with Crippen molar-refractivity contribution in [1.29, 1.82) is 0 Å². The molecule has 0 saturated carbocycles. The third kappa shape index (κ3) is 4.70. The molecule has 0 aliphatic heterocycles. The van der Waals surface area contributed by atoms with Crippen molar-refractivity contribution in [2.24, 2.45) is 0 Å². The molecular weight excluding hydrogens is 334 g/mol.